The fraction of sp³-hybridized carbons (Fsp3) is 0.833. The Balaban J connectivity index is 1.84. The van der Waals surface area contributed by atoms with E-state index < -0.39 is 0 Å². The van der Waals surface area contributed by atoms with E-state index in [1.54, 1.807) is 0 Å². The lowest BCUT2D eigenvalue weighted by atomic mass is 9.96. The molecule has 0 atom stereocenters. The second-order valence-corrected chi connectivity index (χ2v) is 6.36. The van der Waals surface area contributed by atoms with Gasteiger partial charge in [0.2, 0.25) is 5.13 Å². The Labute approximate surface area is 107 Å². The first-order chi connectivity index (χ1) is 8.05. The summed E-state index contributed by atoms with van der Waals surface area (Å²) in [5, 5.41) is 4.34. The third kappa shape index (κ3) is 3.64. The number of rotatable bonds is 3. The number of aromatic nitrogens is 2. The summed E-state index contributed by atoms with van der Waals surface area (Å²) >= 11 is 1.46. The normalized spacial score (nSPS) is 18.3. The van der Waals surface area contributed by atoms with Crippen LogP contribution in [0.4, 0.5) is 5.13 Å². The fourth-order valence-corrected chi connectivity index (χ4v) is 2.54. The van der Waals surface area contributed by atoms with E-state index in [0.29, 0.717) is 5.92 Å². The molecule has 0 spiro atoms. The zero-order valence-corrected chi connectivity index (χ0v) is 11.6. The maximum atomic E-state index is 5.35. The van der Waals surface area contributed by atoms with Crippen LogP contribution < -0.4 is 5.32 Å². The van der Waals surface area contributed by atoms with Crippen molar-refractivity contribution in [2.45, 2.75) is 39.0 Å². The lowest BCUT2D eigenvalue weighted by Crippen LogP contribution is -2.22. The smallest absolute Gasteiger partial charge is 0.202 e. The van der Waals surface area contributed by atoms with Crippen LogP contribution in [0.1, 0.15) is 39.4 Å². The molecule has 0 radical (unpaired) electrons. The van der Waals surface area contributed by atoms with Gasteiger partial charge in [-0.25, -0.2) is 4.98 Å². The van der Waals surface area contributed by atoms with Gasteiger partial charge in [-0.15, -0.1) is 0 Å². The summed E-state index contributed by atoms with van der Waals surface area (Å²) in [5.74, 6) is 1.64. The van der Waals surface area contributed by atoms with Gasteiger partial charge in [0, 0.05) is 36.7 Å². The summed E-state index contributed by atoms with van der Waals surface area (Å²) in [4.78, 5) is 4.53. The second-order valence-electron chi connectivity index (χ2n) is 5.61. The Morgan fingerprint density at radius 3 is 2.65 bits per heavy atom. The molecule has 0 unspecified atom stereocenters. The molecule has 1 aromatic heterocycles. The van der Waals surface area contributed by atoms with Crippen molar-refractivity contribution in [3.8, 4) is 0 Å². The average molecular weight is 255 g/mol. The van der Waals surface area contributed by atoms with Crippen LogP contribution >= 0.6 is 11.5 Å². The number of ether oxygens (including phenoxy) is 1. The highest BCUT2D eigenvalue weighted by Gasteiger charge is 2.20. The van der Waals surface area contributed by atoms with Crippen molar-refractivity contribution in [1.29, 1.82) is 0 Å². The van der Waals surface area contributed by atoms with Gasteiger partial charge in [-0.05, 0) is 18.8 Å². The molecule has 1 N–H and O–H groups in total. The Bertz CT molecular complexity index is 353. The van der Waals surface area contributed by atoms with Crippen molar-refractivity contribution in [3.05, 3.63) is 5.82 Å². The van der Waals surface area contributed by atoms with Gasteiger partial charge < -0.3 is 10.1 Å². The third-order valence-electron chi connectivity index (χ3n) is 2.98. The van der Waals surface area contributed by atoms with Gasteiger partial charge in [0.05, 0.1) is 0 Å². The monoisotopic (exact) mass is 255 g/mol. The van der Waals surface area contributed by atoms with Gasteiger partial charge in [-0.2, -0.15) is 4.37 Å². The molecule has 0 aliphatic carbocycles. The zero-order chi connectivity index (χ0) is 12.3. The summed E-state index contributed by atoms with van der Waals surface area (Å²) in [6.45, 7) is 9.19. The minimum atomic E-state index is 0.0368. The third-order valence-corrected chi connectivity index (χ3v) is 3.65. The molecule has 2 heterocycles. The van der Waals surface area contributed by atoms with E-state index in [0.717, 1.165) is 43.6 Å². The van der Waals surface area contributed by atoms with Crippen LogP contribution in [0, 0.1) is 5.92 Å². The molecule has 1 aliphatic heterocycles. The maximum absolute atomic E-state index is 5.35. The van der Waals surface area contributed by atoms with E-state index in [1.165, 1.54) is 11.5 Å². The molecule has 1 fully saturated rings. The van der Waals surface area contributed by atoms with Crippen LogP contribution in [-0.4, -0.2) is 29.1 Å². The molecule has 96 valence electrons. The summed E-state index contributed by atoms with van der Waals surface area (Å²) in [6.07, 6.45) is 2.30. The molecule has 0 aromatic carbocycles. The van der Waals surface area contributed by atoms with Crippen molar-refractivity contribution in [3.63, 3.8) is 0 Å². The second kappa shape index (κ2) is 5.31. The van der Waals surface area contributed by atoms with Gasteiger partial charge in [0.15, 0.2) is 0 Å². The average Bonchev–Trinajstić information content (AvgIpc) is 2.76. The summed E-state index contributed by atoms with van der Waals surface area (Å²) in [5.41, 5.74) is 0.0368. The molecule has 1 saturated heterocycles. The largest absolute Gasteiger partial charge is 0.381 e. The van der Waals surface area contributed by atoms with Crippen molar-refractivity contribution < 1.29 is 4.74 Å². The molecule has 2 rings (SSSR count). The first kappa shape index (κ1) is 12.8. The number of nitrogens with one attached hydrogen (secondary N) is 1. The molecule has 1 aromatic rings. The molecule has 5 heteroatoms. The van der Waals surface area contributed by atoms with Gasteiger partial charge in [-0.1, -0.05) is 20.8 Å². The number of nitrogens with zero attached hydrogens (tertiary/aromatic N) is 2. The van der Waals surface area contributed by atoms with E-state index in [9.17, 15) is 0 Å². The van der Waals surface area contributed by atoms with E-state index in [1.807, 2.05) is 0 Å². The summed E-state index contributed by atoms with van der Waals surface area (Å²) < 4.78 is 9.74. The Hall–Kier alpha value is -0.680. The standard InChI is InChI=1S/C12H21N3OS/c1-12(2,3)10-14-11(17-15-10)13-8-9-4-6-16-7-5-9/h9H,4-8H2,1-3H3,(H,13,14,15). The summed E-state index contributed by atoms with van der Waals surface area (Å²) in [6, 6.07) is 0. The van der Waals surface area contributed by atoms with Crippen LogP contribution in [0.5, 0.6) is 0 Å². The topological polar surface area (TPSA) is 47.0 Å². The van der Waals surface area contributed by atoms with E-state index in [2.05, 4.69) is 35.4 Å². The molecular formula is C12H21N3OS. The molecular weight excluding hydrogens is 234 g/mol. The van der Waals surface area contributed by atoms with Crippen LogP contribution in [0.25, 0.3) is 0 Å². The Kier molecular flexibility index (Phi) is 3.99. The first-order valence-electron chi connectivity index (χ1n) is 6.21. The van der Waals surface area contributed by atoms with E-state index in [4.69, 9.17) is 4.74 Å². The van der Waals surface area contributed by atoms with Crippen LogP contribution in [0.15, 0.2) is 0 Å². The first-order valence-corrected chi connectivity index (χ1v) is 6.99. The van der Waals surface area contributed by atoms with E-state index in [-0.39, 0.29) is 5.41 Å². The lowest BCUT2D eigenvalue weighted by molar-refractivity contribution is 0.0699. The van der Waals surface area contributed by atoms with Gasteiger partial charge in [0.1, 0.15) is 5.82 Å². The Morgan fingerprint density at radius 2 is 2.06 bits per heavy atom. The van der Waals surface area contributed by atoms with E-state index >= 15 is 0 Å². The van der Waals surface area contributed by atoms with Crippen molar-refractivity contribution >= 4 is 16.7 Å². The van der Waals surface area contributed by atoms with Gasteiger partial charge in [-0.3, -0.25) is 0 Å². The minimum Gasteiger partial charge on any atom is -0.381 e. The highest BCUT2D eigenvalue weighted by molar-refractivity contribution is 7.09. The predicted molar refractivity (Wildman–Crippen MR) is 70.6 cm³/mol. The van der Waals surface area contributed by atoms with Crippen LogP contribution in [0.3, 0.4) is 0 Å². The summed E-state index contributed by atoms with van der Waals surface area (Å²) in [7, 11) is 0. The SMILES string of the molecule is CC(C)(C)c1nsc(NCC2CCOCC2)n1. The molecule has 17 heavy (non-hydrogen) atoms. The predicted octanol–water partition coefficient (Wildman–Crippen LogP) is 2.67. The quantitative estimate of drug-likeness (QED) is 0.902. The lowest BCUT2D eigenvalue weighted by Gasteiger charge is -2.21. The molecule has 1 aliphatic rings. The number of anilines is 1. The Morgan fingerprint density at radius 1 is 1.35 bits per heavy atom. The fourth-order valence-electron chi connectivity index (χ4n) is 1.78. The molecule has 0 amide bonds. The van der Waals surface area contributed by atoms with Gasteiger partial charge in [0.25, 0.3) is 0 Å². The minimum absolute atomic E-state index is 0.0368. The van der Waals surface area contributed by atoms with Crippen molar-refractivity contribution in [1.82, 2.24) is 9.36 Å². The number of hydrogen-bond donors (Lipinski definition) is 1. The van der Waals surface area contributed by atoms with Crippen molar-refractivity contribution in [2.75, 3.05) is 25.1 Å². The van der Waals surface area contributed by atoms with Crippen LogP contribution in [0.2, 0.25) is 0 Å². The highest BCUT2D eigenvalue weighted by atomic mass is 32.1. The molecule has 4 nitrogen and oxygen atoms in total. The zero-order valence-electron chi connectivity index (χ0n) is 10.8. The number of hydrogen-bond acceptors (Lipinski definition) is 5. The molecule has 0 bridgehead atoms. The maximum Gasteiger partial charge on any atom is 0.202 e. The molecule has 0 saturated carbocycles. The van der Waals surface area contributed by atoms with Crippen molar-refractivity contribution in [2.24, 2.45) is 5.92 Å². The van der Waals surface area contributed by atoms with Crippen LogP contribution in [-0.2, 0) is 10.2 Å². The van der Waals surface area contributed by atoms with Gasteiger partial charge >= 0.3 is 0 Å². The highest BCUT2D eigenvalue weighted by Crippen LogP contribution is 2.23.